The molecular formula is C20H26N6O3. The summed E-state index contributed by atoms with van der Waals surface area (Å²) < 4.78 is 12.4. The molecule has 3 aromatic rings. The minimum absolute atomic E-state index is 0.123. The number of aromatic nitrogens is 5. The predicted octanol–water partition coefficient (Wildman–Crippen LogP) is 1.20. The molecule has 1 aliphatic heterocycles. The molecule has 0 saturated carbocycles. The van der Waals surface area contributed by atoms with Gasteiger partial charge in [-0.15, -0.1) is 5.10 Å². The number of aryl methyl sites for hydroxylation is 2. The van der Waals surface area contributed by atoms with Crippen LogP contribution in [0, 0.1) is 13.8 Å². The summed E-state index contributed by atoms with van der Waals surface area (Å²) in [5, 5.41) is 13.3. The first-order chi connectivity index (χ1) is 14.1. The zero-order chi connectivity index (χ0) is 20.4. The maximum atomic E-state index is 13.2. The first kappa shape index (κ1) is 19.7. The fraction of sp³-hybridized carbons (Fsp3) is 0.500. The highest BCUT2D eigenvalue weighted by Gasteiger charge is 2.31. The molecule has 1 N–H and O–H groups in total. The van der Waals surface area contributed by atoms with Crippen LogP contribution < -0.4 is 5.56 Å². The fourth-order valence-corrected chi connectivity index (χ4v) is 3.99. The number of nitrogens with zero attached hydrogens (tertiary/aromatic N) is 5. The molecule has 0 bridgehead atoms. The van der Waals surface area contributed by atoms with Gasteiger partial charge in [-0.25, -0.2) is 4.68 Å². The van der Waals surface area contributed by atoms with E-state index in [9.17, 15) is 4.79 Å². The number of tetrazole rings is 1. The van der Waals surface area contributed by atoms with Crippen LogP contribution >= 0.6 is 0 Å². The molecule has 0 amide bonds. The molecule has 1 aromatic carbocycles. The van der Waals surface area contributed by atoms with Crippen LogP contribution in [-0.2, 0) is 16.0 Å². The minimum atomic E-state index is -0.361. The summed E-state index contributed by atoms with van der Waals surface area (Å²) >= 11 is 0. The molecule has 9 heteroatoms. The molecular weight excluding hydrogens is 372 g/mol. The molecule has 4 rings (SSSR count). The largest absolute Gasteiger partial charge is 0.383 e. The zero-order valence-electron chi connectivity index (χ0n) is 17.0. The lowest BCUT2D eigenvalue weighted by molar-refractivity contribution is 0.0211. The fourth-order valence-electron chi connectivity index (χ4n) is 3.99. The summed E-state index contributed by atoms with van der Waals surface area (Å²) in [6, 6.07) is 5.78. The molecule has 1 atom stereocenters. The smallest absolute Gasteiger partial charge is 0.253 e. The number of hydrogen-bond donors (Lipinski definition) is 1. The molecule has 1 fully saturated rings. The number of ether oxygens (including phenoxy) is 2. The van der Waals surface area contributed by atoms with Crippen molar-refractivity contribution >= 4 is 10.9 Å². The van der Waals surface area contributed by atoms with E-state index in [0.29, 0.717) is 50.8 Å². The van der Waals surface area contributed by atoms with Crippen LogP contribution in [-0.4, -0.2) is 70.1 Å². The molecule has 1 saturated heterocycles. The molecule has 9 nitrogen and oxygen atoms in total. The normalized spacial score (nSPS) is 16.4. The first-order valence-corrected chi connectivity index (χ1v) is 9.79. The number of aromatic amines is 1. The third kappa shape index (κ3) is 3.93. The Labute approximate surface area is 168 Å². The lowest BCUT2D eigenvalue weighted by Gasteiger charge is -2.33. The number of pyridine rings is 1. The Balaban J connectivity index is 1.86. The monoisotopic (exact) mass is 398 g/mol. The molecule has 29 heavy (non-hydrogen) atoms. The van der Waals surface area contributed by atoms with Gasteiger partial charge in [0.2, 0.25) is 0 Å². The molecule has 0 spiro atoms. The van der Waals surface area contributed by atoms with E-state index in [4.69, 9.17) is 9.47 Å². The van der Waals surface area contributed by atoms with Gasteiger partial charge in [0.05, 0.1) is 31.9 Å². The summed E-state index contributed by atoms with van der Waals surface area (Å²) in [4.78, 5) is 18.4. The van der Waals surface area contributed by atoms with Crippen LogP contribution in [0.15, 0.2) is 23.0 Å². The van der Waals surface area contributed by atoms with E-state index in [1.54, 1.807) is 11.8 Å². The lowest BCUT2D eigenvalue weighted by Crippen LogP contribution is -2.42. The van der Waals surface area contributed by atoms with Crippen molar-refractivity contribution in [3.63, 3.8) is 0 Å². The number of rotatable bonds is 6. The van der Waals surface area contributed by atoms with Gasteiger partial charge in [0.15, 0.2) is 5.82 Å². The molecule has 2 aromatic heterocycles. The van der Waals surface area contributed by atoms with Crippen molar-refractivity contribution in [2.45, 2.75) is 26.4 Å². The molecule has 3 heterocycles. The summed E-state index contributed by atoms with van der Waals surface area (Å²) in [6.45, 7) is 7.69. The van der Waals surface area contributed by atoms with Crippen LogP contribution in [0.2, 0.25) is 0 Å². The first-order valence-electron chi connectivity index (χ1n) is 9.79. The summed E-state index contributed by atoms with van der Waals surface area (Å²) in [7, 11) is 1.64. The SMILES string of the molecule is COCCn1nnnc1C(c1cc2cc(C)cc(C)c2[nH]c1=O)N1CCOCC1. The number of hydrogen-bond acceptors (Lipinski definition) is 7. The van der Waals surface area contributed by atoms with Gasteiger partial charge in [0.25, 0.3) is 5.56 Å². The van der Waals surface area contributed by atoms with Crippen molar-refractivity contribution in [1.82, 2.24) is 30.1 Å². The molecule has 1 unspecified atom stereocenters. The second kappa shape index (κ2) is 8.40. The van der Waals surface area contributed by atoms with Gasteiger partial charge in [-0.3, -0.25) is 9.69 Å². The Hall–Kier alpha value is -2.62. The van der Waals surface area contributed by atoms with Crippen molar-refractivity contribution in [3.8, 4) is 0 Å². The molecule has 154 valence electrons. The maximum absolute atomic E-state index is 13.2. The number of benzene rings is 1. The van der Waals surface area contributed by atoms with E-state index in [1.165, 1.54) is 0 Å². The number of fused-ring (bicyclic) bond motifs is 1. The Kier molecular flexibility index (Phi) is 5.70. The van der Waals surface area contributed by atoms with Crippen molar-refractivity contribution in [3.05, 3.63) is 51.1 Å². The summed E-state index contributed by atoms with van der Waals surface area (Å²) in [5.41, 5.74) is 3.58. The summed E-state index contributed by atoms with van der Waals surface area (Å²) in [5.74, 6) is 0.637. The van der Waals surface area contributed by atoms with Crippen LogP contribution in [0.25, 0.3) is 10.9 Å². The van der Waals surface area contributed by atoms with Gasteiger partial charge in [0.1, 0.15) is 6.04 Å². The second-order valence-corrected chi connectivity index (χ2v) is 7.40. The number of nitrogens with one attached hydrogen (secondary N) is 1. The third-order valence-corrected chi connectivity index (χ3v) is 5.34. The van der Waals surface area contributed by atoms with E-state index < -0.39 is 0 Å². The van der Waals surface area contributed by atoms with Crippen LogP contribution in [0.5, 0.6) is 0 Å². The Morgan fingerprint density at radius 1 is 1.24 bits per heavy atom. The van der Waals surface area contributed by atoms with Crippen LogP contribution in [0.3, 0.4) is 0 Å². The van der Waals surface area contributed by atoms with Gasteiger partial charge < -0.3 is 14.5 Å². The quantitative estimate of drug-likeness (QED) is 0.666. The standard InChI is InChI=1S/C20H26N6O3/c1-13-10-14(2)17-15(11-13)12-16(20(27)21-17)18(25-4-8-29-9-5-25)19-22-23-24-26(19)6-7-28-3/h10-12,18H,4-9H2,1-3H3,(H,21,27). The number of methoxy groups -OCH3 is 1. The van der Waals surface area contributed by atoms with Crippen molar-refractivity contribution < 1.29 is 9.47 Å². The minimum Gasteiger partial charge on any atom is -0.383 e. The van der Waals surface area contributed by atoms with E-state index in [1.807, 2.05) is 13.0 Å². The van der Waals surface area contributed by atoms with Crippen molar-refractivity contribution in [2.75, 3.05) is 40.0 Å². The van der Waals surface area contributed by atoms with Crippen molar-refractivity contribution in [1.29, 1.82) is 0 Å². The number of morpholine rings is 1. The number of H-pyrrole nitrogens is 1. The molecule has 0 aliphatic carbocycles. The van der Waals surface area contributed by atoms with Gasteiger partial charge >= 0.3 is 0 Å². The summed E-state index contributed by atoms with van der Waals surface area (Å²) in [6.07, 6.45) is 0. The van der Waals surface area contributed by atoms with Crippen LogP contribution in [0.4, 0.5) is 0 Å². The van der Waals surface area contributed by atoms with Gasteiger partial charge in [0, 0.05) is 25.8 Å². The topological polar surface area (TPSA) is 98.2 Å². The van der Waals surface area contributed by atoms with E-state index in [0.717, 1.165) is 22.0 Å². The molecule has 0 radical (unpaired) electrons. The highest BCUT2D eigenvalue weighted by molar-refractivity contribution is 5.83. The van der Waals surface area contributed by atoms with Crippen LogP contribution in [0.1, 0.15) is 28.6 Å². The van der Waals surface area contributed by atoms with Gasteiger partial charge in [-0.1, -0.05) is 11.6 Å². The van der Waals surface area contributed by atoms with E-state index in [2.05, 4.69) is 44.5 Å². The Morgan fingerprint density at radius 2 is 2.03 bits per heavy atom. The lowest BCUT2D eigenvalue weighted by atomic mass is 10.0. The average molecular weight is 398 g/mol. The maximum Gasteiger partial charge on any atom is 0.253 e. The Bertz CT molecular complexity index is 1050. The Morgan fingerprint density at radius 3 is 2.79 bits per heavy atom. The van der Waals surface area contributed by atoms with E-state index >= 15 is 0 Å². The molecule has 1 aliphatic rings. The highest BCUT2D eigenvalue weighted by Crippen LogP contribution is 2.28. The average Bonchev–Trinajstić information content (AvgIpc) is 3.16. The highest BCUT2D eigenvalue weighted by atomic mass is 16.5. The zero-order valence-corrected chi connectivity index (χ0v) is 17.0. The van der Waals surface area contributed by atoms with Crippen molar-refractivity contribution in [2.24, 2.45) is 0 Å². The third-order valence-electron chi connectivity index (χ3n) is 5.34. The van der Waals surface area contributed by atoms with Gasteiger partial charge in [-0.05, 0) is 47.4 Å². The predicted molar refractivity (Wildman–Crippen MR) is 108 cm³/mol. The van der Waals surface area contributed by atoms with Gasteiger partial charge in [-0.2, -0.15) is 0 Å². The van der Waals surface area contributed by atoms with E-state index in [-0.39, 0.29) is 11.6 Å². The second-order valence-electron chi connectivity index (χ2n) is 7.40.